The number of rotatable bonds is 9. The SMILES string of the molecule is CCCCCC1(C)OCc2cc([Si](C)(OCC)OCC)ccc2O1. The standard InChI is InChI=1S/C19H32O4Si/c1-6-9-10-13-19(4)20-15-16-14-17(11-12-18(16)23-19)24(5,21-7-2)22-8-3/h11-12,14H,6-10,13,15H2,1-5H3. The molecule has 1 aliphatic rings. The van der Waals surface area contributed by atoms with Crippen LogP contribution in [-0.2, 0) is 20.2 Å². The molecular weight excluding hydrogens is 320 g/mol. The maximum atomic E-state index is 6.17. The van der Waals surface area contributed by atoms with Gasteiger partial charge in [0.2, 0.25) is 5.79 Å². The molecule has 1 aromatic carbocycles. The van der Waals surface area contributed by atoms with Crippen molar-refractivity contribution in [3.8, 4) is 5.75 Å². The Bertz CT molecular complexity index is 528. The smallest absolute Gasteiger partial charge is 0.369 e. The van der Waals surface area contributed by atoms with E-state index in [4.69, 9.17) is 18.3 Å². The molecule has 24 heavy (non-hydrogen) atoms. The summed E-state index contributed by atoms with van der Waals surface area (Å²) in [5.41, 5.74) is 1.08. The van der Waals surface area contributed by atoms with Gasteiger partial charge in [0, 0.05) is 32.1 Å². The average molecular weight is 353 g/mol. The highest BCUT2D eigenvalue weighted by Crippen LogP contribution is 2.34. The summed E-state index contributed by atoms with van der Waals surface area (Å²) < 4.78 is 24.2. The van der Waals surface area contributed by atoms with Gasteiger partial charge in [-0.25, -0.2) is 0 Å². The summed E-state index contributed by atoms with van der Waals surface area (Å²) in [4.78, 5) is 0. The van der Waals surface area contributed by atoms with Gasteiger partial charge in [-0.3, -0.25) is 0 Å². The number of unbranched alkanes of at least 4 members (excludes halogenated alkanes) is 2. The third-order valence-electron chi connectivity index (χ3n) is 4.52. The first-order valence-corrected chi connectivity index (χ1v) is 11.5. The molecule has 0 aliphatic carbocycles. The molecule has 0 spiro atoms. The lowest BCUT2D eigenvalue weighted by atomic mass is 10.1. The van der Waals surface area contributed by atoms with Crippen LogP contribution < -0.4 is 9.92 Å². The van der Waals surface area contributed by atoms with Gasteiger partial charge in [-0.05, 0) is 44.1 Å². The van der Waals surface area contributed by atoms with Crippen LogP contribution in [0, 0.1) is 0 Å². The summed E-state index contributed by atoms with van der Waals surface area (Å²) in [6.45, 7) is 12.3. The molecule has 0 amide bonds. The zero-order chi connectivity index (χ0) is 17.6. The van der Waals surface area contributed by atoms with Crippen molar-refractivity contribution in [3.63, 3.8) is 0 Å². The van der Waals surface area contributed by atoms with Crippen molar-refractivity contribution in [1.82, 2.24) is 0 Å². The van der Waals surface area contributed by atoms with Crippen molar-refractivity contribution in [2.45, 2.75) is 72.3 Å². The van der Waals surface area contributed by atoms with Crippen molar-refractivity contribution in [1.29, 1.82) is 0 Å². The van der Waals surface area contributed by atoms with E-state index in [1.807, 2.05) is 20.8 Å². The highest BCUT2D eigenvalue weighted by Gasteiger charge is 2.37. The van der Waals surface area contributed by atoms with Crippen LogP contribution >= 0.6 is 0 Å². The second kappa shape index (κ2) is 8.47. The number of hydrogen-bond donors (Lipinski definition) is 0. The Labute approximate surface area is 147 Å². The molecule has 2 rings (SSSR count). The molecule has 0 fully saturated rings. The van der Waals surface area contributed by atoms with Gasteiger partial charge >= 0.3 is 8.56 Å². The van der Waals surface area contributed by atoms with E-state index >= 15 is 0 Å². The van der Waals surface area contributed by atoms with E-state index in [2.05, 4.69) is 31.7 Å². The zero-order valence-electron chi connectivity index (χ0n) is 15.8. The fraction of sp³-hybridized carbons (Fsp3) is 0.684. The molecule has 0 saturated carbocycles. The Balaban J connectivity index is 2.15. The third-order valence-corrected chi connectivity index (χ3v) is 7.56. The number of hydrogen-bond acceptors (Lipinski definition) is 4. The first kappa shape index (κ1) is 19.4. The molecule has 0 bridgehead atoms. The Kier molecular flexibility index (Phi) is 6.86. The molecule has 0 aromatic heterocycles. The van der Waals surface area contributed by atoms with Crippen LogP contribution in [0.15, 0.2) is 18.2 Å². The van der Waals surface area contributed by atoms with Crippen LogP contribution in [0.1, 0.15) is 58.9 Å². The van der Waals surface area contributed by atoms with Crippen molar-refractivity contribution >= 4 is 13.7 Å². The van der Waals surface area contributed by atoms with Crippen molar-refractivity contribution < 1.29 is 18.3 Å². The molecule has 1 aromatic rings. The first-order chi connectivity index (χ1) is 11.5. The predicted octanol–water partition coefficient (Wildman–Crippen LogP) is 4.24. The molecule has 0 N–H and O–H groups in total. The van der Waals surface area contributed by atoms with E-state index in [0.717, 1.165) is 29.3 Å². The molecule has 4 nitrogen and oxygen atoms in total. The van der Waals surface area contributed by atoms with Gasteiger partial charge in [0.05, 0.1) is 6.61 Å². The summed E-state index contributed by atoms with van der Waals surface area (Å²) >= 11 is 0. The minimum absolute atomic E-state index is 0.510. The van der Waals surface area contributed by atoms with Crippen LogP contribution in [0.4, 0.5) is 0 Å². The topological polar surface area (TPSA) is 36.9 Å². The Morgan fingerprint density at radius 3 is 2.46 bits per heavy atom. The second-order valence-corrected chi connectivity index (χ2v) is 9.66. The second-order valence-electron chi connectivity index (χ2n) is 6.62. The maximum Gasteiger partial charge on any atom is 0.369 e. The van der Waals surface area contributed by atoms with E-state index in [-0.39, 0.29) is 0 Å². The molecule has 1 heterocycles. The van der Waals surface area contributed by atoms with Crippen molar-refractivity contribution in [3.05, 3.63) is 23.8 Å². The fourth-order valence-corrected chi connectivity index (χ4v) is 5.49. The van der Waals surface area contributed by atoms with E-state index in [1.54, 1.807) is 0 Å². The molecule has 5 heteroatoms. The minimum Gasteiger partial charge on any atom is -0.462 e. The van der Waals surface area contributed by atoms with Gasteiger partial charge in [0.15, 0.2) is 0 Å². The van der Waals surface area contributed by atoms with Crippen molar-refractivity contribution in [2.24, 2.45) is 0 Å². The highest BCUT2D eigenvalue weighted by atomic mass is 28.4. The monoisotopic (exact) mass is 352 g/mol. The lowest BCUT2D eigenvalue weighted by Crippen LogP contribution is -2.51. The van der Waals surface area contributed by atoms with Crippen LogP contribution in [0.2, 0.25) is 6.55 Å². The van der Waals surface area contributed by atoms with Gasteiger partial charge in [-0.15, -0.1) is 0 Å². The number of ether oxygens (including phenoxy) is 2. The molecule has 0 saturated heterocycles. The first-order valence-electron chi connectivity index (χ1n) is 9.20. The molecule has 136 valence electrons. The summed E-state index contributed by atoms with van der Waals surface area (Å²) in [5, 5.41) is 1.13. The Morgan fingerprint density at radius 1 is 1.12 bits per heavy atom. The summed E-state index contributed by atoms with van der Waals surface area (Å²) in [5.74, 6) is 0.415. The summed E-state index contributed by atoms with van der Waals surface area (Å²) in [6, 6.07) is 6.28. The highest BCUT2D eigenvalue weighted by molar-refractivity contribution is 6.80. The Hall–Kier alpha value is -0.883. The molecular formula is C19H32O4Si. The molecule has 1 unspecified atom stereocenters. The summed E-state index contributed by atoms with van der Waals surface area (Å²) in [6.07, 6.45) is 4.46. The van der Waals surface area contributed by atoms with Crippen LogP contribution in [0.25, 0.3) is 0 Å². The van der Waals surface area contributed by atoms with Crippen LogP contribution in [-0.4, -0.2) is 27.6 Å². The third kappa shape index (κ3) is 4.60. The largest absolute Gasteiger partial charge is 0.462 e. The van der Waals surface area contributed by atoms with E-state index < -0.39 is 14.3 Å². The molecule has 1 atom stereocenters. The van der Waals surface area contributed by atoms with E-state index in [9.17, 15) is 0 Å². The maximum absolute atomic E-state index is 6.17. The number of fused-ring (bicyclic) bond motifs is 1. The normalized spacial score (nSPS) is 20.5. The molecule has 1 aliphatic heterocycles. The summed E-state index contributed by atoms with van der Waals surface area (Å²) in [7, 11) is -2.36. The van der Waals surface area contributed by atoms with Gasteiger partial charge in [-0.1, -0.05) is 25.8 Å². The quantitative estimate of drug-likeness (QED) is 0.492. The van der Waals surface area contributed by atoms with Gasteiger partial charge in [-0.2, -0.15) is 0 Å². The van der Waals surface area contributed by atoms with E-state index in [0.29, 0.717) is 19.8 Å². The van der Waals surface area contributed by atoms with Crippen molar-refractivity contribution in [2.75, 3.05) is 13.2 Å². The predicted molar refractivity (Wildman–Crippen MR) is 98.9 cm³/mol. The van der Waals surface area contributed by atoms with Gasteiger partial charge < -0.3 is 18.3 Å². The zero-order valence-corrected chi connectivity index (χ0v) is 16.8. The van der Waals surface area contributed by atoms with E-state index in [1.165, 1.54) is 12.8 Å². The lowest BCUT2D eigenvalue weighted by molar-refractivity contribution is -0.198. The van der Waals surface area contributed by atoms with Crippen LogP contribution in [0.5, 0.6) is 5.75 Å². The van der Waals surface area contributed by atoms with Gasteiger partial charge in [0.25, 0.3) is 0 Å². The lowest BCUT2D eigenvalue weighted by Gasteiger charge is -2.36. The molecule has 0 radical (unpaired) electrons. The van der Waals surface area contributed by atoms with Gasteiger partial charge in [0.1, 0.15) is 5.75 Å². The minimum atomic E-state index is -2.36. The number of benzene rings is 1. The fourth-order valence-electron chi connectivity index (χ4n) is 3.15. The average Bonchev–Trinajstić information content (AvgIpc) is 2.55. The van der Waals surface area contributed by atoms with Crippen LogP contribution in [0.3, 0.4) is 0 Å². The Morgan fingerprint density at radius 2 is 1.83 bits per heavy atom.